The molecule has 0 saturated heterocycles. The lowest BCUT2D eigenvalue weighted by Crippen LogP contribution is -2.35. The molecule has 1 amide bonds. The number of benzene rings is 1. The number of likely N-dealkylation sites (N-methyl/N-ethyl adjacent to an activating group) is 1. The topological polar surface area (TPSA) is 38.8 Å². The SMILES string of the molecule is CN(C[C@@H]1CCC=CO1)C(=O)OCc1ccccc1. The van der Waals surface area contributed by atoms with Crippen LogP contribution in [0.5, 0.6) is 0 Å². The van der Waals surface area contributed by atoms with Gasteiger partial charge in [-0.05, 0) is 24.5 Å². The summed E-state index contributed by atoms with van der Waals surface area (Å²) >= 11 is 0. The lowest BCUT2D eigenvalue weighted by molar-refractivity contribution is 0.0643. The Morgan fingerprint density at radius 3 is 2.89 bits per heavy atom. The Kier molecular flexibility index (Phi) is 4.84. The summed E-state index contributed by atoms with van der Waals surface area (Å²) in [6, 6.07) is 9.65. The number of nitrogens with zero attached hydrogens (tertiary/aromatic N) is 1. The van der Waals surface area contributed by atoms with Gasteiger partial charge in [-0.3, -0.25) is 0 Å². The van der Waals surface area contributed by atoms with Crippen LogP contribution in [-0.4, -0.2) is 30.7 Å². The molecule has 0 radical (unpaired) electrons. The van der Waals surface area contributed by atoms with E-state index in [0.29, 0.717) is 13.2 Å². The Morgan fingerprint density at radius 2 is 2.21 bits per heavy atom. The molecule has 1 aliphatic rings. The van der Waals surface area contributed by atoms with Crippen LogP contribution in [0.3, 0.4) is 0 Å². The number of hydrogen-bond acceptors (Lipinski definition) is 3. The lowest BCUT2D eigenvalue weighted by Gasteiger charge is -2.24. The summed E-state index contributed by atoms with van der Waals surface area (Å²) in [6.07, 6.45) is 5.38. The van der Waals surface area contributed by atoms with Crippen molar-refractivity contribution in [2.45, 2.75) is 25.6 Å². The number of allylic oxidation sites excluding steroid dienone is 1. The highest BCUT2D eigenvalue weighted by atomic mass is 16.6. The van der Waals surface area contributed by atoms with Gasteiger partial charge in [-0.2, -0.15) is 0 Å². The van der Waals surface area contributed by atoms with Crippen LogP contribution in [0.15, 0.2) is 42.7 Å². The molecule has 0 spiro atoms. The number of ether oxygens (including phenoxy) is 2. The van der Waals surface area contributed by atoms with E-state index in [1.165, 1.54) is 0 Å². The zero-order valence-electron chi connectivity index (χ0n) is 11.1. The van der Waals surface area contributed by atoms with Gasteiger partial charge in [0.05, 0.1) is 12.8 Å². The third-order valence-corrected chi connectivity index (χ3v) is 3.02. The smallest absolute Gasteiger partial charge is 0.409 e. The Labute approximate surface area is 113 Å². The number of hydrogen-bond donors (Lipinski definition) is 0. The van der Waals surface area contributed by atoms with Crippen molar-refractivity contribution in [2.75, 3.05) is 13.6 Å². The van der Waals surface area contributed by atoms with Crippen LogP contribution in [0.25, 0.3) is 0 Å². The highest BCUT2D eigenvalue weighted by Crippen LogP contribution is 2.12. The van der Waals surface area contributed by atoms with Crippen LogP contribution >= 0.6 is 0 Å². The molecule has 1 heterocycles. The van der Waals surface area contributed by atoms with Gasteiger partial charge < -0.3 is 14.4 Å². The van der Waals surface area contributed by atoms with Crippen molar-refractivity contribution < 1.29 is 14.3 Å². The van der Waals surface area contributed by atoms with Crippen molar-refractivity contribution in [3.8, 4) is 0 Å². The normalized spacial score (nSPS) is 17.6. The molecule has 0 unspecified atom stereocenters. The van der Waals surface area contributed by atoms with Crippen LogP contribution < -0.4 is 0 Å². The zero-order valence-corrected chi connectivity index (χ0v) is 11.1. The van der Waals surface area contributed by atoms with E-state index >= 15 is 0 Å². The highest BCUT2D eigenvalue weighted by molar-refractivity contribution is 5.67. The minimum atomic E-state index is -0.318. The van der Waals surface area contributed by atoms with Crippen molar-refractivity contribution >= 4 is 6.09 Å². The Hall–Kier alpha value is -1.97. The number of rotatable bonds is 4. The van der Waals surface area contributed by atoms with Crippen molar-refractivity contribution in [3.63, 3.8) is 0 Å². The summed E-state index contributed by atoms with van der Waals surface area (Å²) in [6.45, 7) is 0.855. The van der Waals surface area contributed by atoms with E-state index in [1.807, 2.05) is 36.4 Å². The average molecular weight is 261 g/mol. The van der Waals surface area contributed by atoms with Gasteiger partial charge in [0.15, 0.2) is 0 Å². The van der Waals surface area contributed by atoms with Crippen LogP contribution in [0.4, 0.5) is 4.79 Å². The third-order valence-electron chi connectivity index (χ3n) is 3.02. The summed E-state index contributed by atoms with van der Waals surface area (Å²) in [5.41, 5.74) is 0.987. The molecule has 1 aliphatic heterocycles. The molecule has 0 saturated carbocycles. The predicted octanol–water partition coefficient (Wildman–Crippen LogP) is 2.95. The molecule has 1 atom stereocenters. The summed E-state index contributed by atoms with van der Waals surface area (Å²) in [5.74, 6) is 0. The molecule has 1 aromatic rings. The van der Waals surface area contributed by atoms with E-state index < -0.39 is 0 Å². The largest absolute Gasteiger partial charge is 0.497 e. The Bertz CT molecular complexity index is 430. The fourth-order valence-electron chi connectivity index (χ4n) is 1.93. The molecule has 4 nitrogen and oxygen atoms in total. The molecule has 0 aromatic heterocycles. The first-order valence-electron chi connectivity index (χ1n) is 6.48. The van der Waals surface area contributed by atoms with Crippen LogP contribution in [0, 0.1) is 0 Å². The first kappa shape index (κ1) is 13.5. The molecular formula is C15H19NO3. The average Bonchev–Trinajstić information content (AvgIpc) is 2.47. The second kappa shape index (κ2) is 6.83. The molecule has 4 heteroatoms. The maximum Gasteiger partial charge on any atom is 0.409 e. The van der Waals surface area contributed by atoms with Crippen molar-refractivity contribution in [2.24, 2.45) is 0 Å². The number of carbonyl (C=O) groups excluding carboxylic acids is 1. The number of amides is 1. The van der Waals surface area contributed by atoms with Crippen molar-refractivity contribution in [1.82, 2.24) is 4.90 Å². The third kappa shape index (κ3) is 4.32. The summed E-state index contributed by atoms with van der Waals surface area (Å²) in [4.78, 5) is 13.4. The standard InChI is InChI=1S/C15H19NO3/c1-16(11-14-9-5-6-10-18-14)15(17)19-12-13-7-3-2-4-8-13/h2-4,6-8,10,14H,5,9,11-12H2,1H3/t14-/m0/s1. The molecule has 0 aliphatic carbocycles. The van der Waals surface area contributed by atoms with E-state index in [0.717, 1.165) is 18.4 Å². The van der Waals surface area contributed by atoms with Gasteiger partial charge >= 0.3 is 6.09 Å². The van der Waals surface area contributed by atoms with E-state index in [9.17, 15) is 4.79 Å². The molecule has 2 rings (SSSR count). The Morgan fingerprint density at radius 1 is 1.42 bits per heavy atom. The van der Waals surface area contributed by atoms with Gasteiger partial charge in [0, 0.05) is 7.05 Å². The van der Waals surface area contributed by atoms with Crippen LogP contribution in [-0.2, 0) is 16.1 Å². The molecular weight excluding hydrogens is 242 g/mol. The van der Waals surface area contributed by atoms with E-state index in [1.54, 1.807) is 18.2 Å². The summed E-state index contributed by atoms with van der Waals surface area (Å²) in [5, 5.41) is 0. The molecule has 1 aromatic carbocycles. The maximum absolute atomic E-state index is 11.8. The fourth-order valence-corrected chi connectivity index (χ4v) is 1.93. The maximum atomic E-state index is 11.8. The number of carbonyl (C=O) groups is 1. The zero-order chi connectivity index (χ0) is 13.5. The van der Waals surface area contributed by atoms with E-state index in [4.69, 9.17) is 9.47 Å². The van der Waals surface area contributed by atoms with Gasteiger partial charge in [-0.15, -0.1) is 0 Å². The minimum absolute atomic E-state index is 0.0688. The second-order valence-corrected chi connectivity index (χ2v) is 4.63. The second-order valence-electron chi connectivity index (χ2n) is 4.63. The van der Waals surface area contributed by atoms with Crippen molar-refractivity contribution in [3.05, 3.63) is 48.2 Å². The fraction of sp³-hybridized carbons (Fsp3) is 0.400. The van der Waals surface area contributed by atoms with Gasteiger partial charge in [-0.25, -0.2) is 4.79 Å². The highest BCUT2D eigenvalue weighted by Gasteiger charge is 2.18. The van der Waals surface area contributed by atoms with Crippen molar-refractivity contribution in [1.29, 1.82) is 0 Å². The molecule has 19 heavy (non-hydrogen) atoms. The van der Waals surface area contributed by atoms with Crippen LogP contribution in [0.1, 0.15) is 18.4 Å². The minimum Gasteiger partial charge on any atom is -0.497 e. The molecule has 0 bridgehead atoms. The quantitative estimate of drug-likeness (QED) is 0.836. The lowest BCUT2D eigenvalue weighted by atomic mass is 10.1. The van der Waals surface area contributed by atoms with Gasteiger partial charge in [-0.1, -0.05) is 30.3 Å². The van der Waals surface area contributed by atoms with Gasteiger partial charge in [0.1, 0.15) is 12.7 Å². The summed E-state index contributed by atoms with van der Waals surface area (Å²) in [7, 11) is 1.73. The first-order chi connectivity index (χ1) is 9.25. The molecule has 0 fully saturated rings. The van der Waals surface area contributed by atoms with Gasteiger partial charge in [0.25, 0.3) is 0 Å². The molecule has 102 valence electrons. The summed E-state index contributed by atoms with van der Waals surface area (Å²) < 4.78 is 10.7. The monoisotopic (exact) mass is 261 g/mol. The van der Waals surface area contributed by atoms with E-state index in [2.05, 4.69) is 0 Å². The predicted molar refractivity (Wildman–Crippen MR) is 72.5 cm³/mol. The Balaban J connectivity index is 1.74. The molecule has 0 N–H and O–H groups in total. The van der Waals surface area contributed by atoms with Crippen LogP contribution in [0.2, 0.25) is 0 Å². The first-order valence-corrected chi connectivity index (χ1v) is 6.48. The van der Waals surface area contributed by atoms with E-state index in [-0.39, 0.29) is 12.2 Å². The van der Waals surface area contributed by atoms with Gasteiger partial charge in [0.2, 0.25) is 0 Å².